The normalized spacial score (nSPS) is 15.5. The summed E-state index contributed by atoms with van der Waals surface area (Å²) in [6, 6.07) is 22.5. The number of halogens is 1. The fraction of sp³-hybridized carbons (Fsp3) is 0.429. The zero-order chi connectivity index (χ0) is 38.9. The molecule has 0 spiro atoms. The molecule has 0 bridgehead atoms. The van der Waals surface area contributed by atoms with Crippen molar-refractivity contribution in [1.82, 2.24) is 10.2 Å². The van der Waals surface area contributed by atoms with Gasteiger partial charge in [-0.25, -0.2) is 4.79 Å². The number of ether oxygens (including phenoxy) is 1. The van der Waals surface area contributed by atoms with Crippen molar-refractivity contribution in [2.24, 2.45) is 5.92 Å². The van der Waals surface area contributed by atoms with E-state index in [0.717, 1.165) is 37.7 Å². The summed E-state index contributed by atoms with van der Waals surface area (Å²) >= 11 is 7.19. The van der Waals surface area contributed by atoms with Crippen LogP contribution in [-0.4, -0.2) is 57.9 Å². The van der Waals surface area contributed by atoms with E-state index in [-0.39, 0.29) is 43.0 Å². The number of anilines is 2. The van der Waals surface area contributed by atoms with Crippen LogP contribution in [0.1, 0.15) is 100 Å². The van der Waals surface area contributed by atoms with Crippen molar-refractivity contribution in [3.8, 4) is 0 Å². The van der Waals surface area contributed by atoms with Crippen LogP contribution in [0.2, 0.25) is 0 Å². The summed E-state index contributed by atoms with van der Waals surface area (Å²) in [6.07, 6.45) is 5.56. The lowest BCUT2D eigenvalue weighted by Crippen LogP contribution is -2.48. The van der Waals surface area contributed by atoms with E-state index < -0.39 is 59.5 Å². The van der Waals surface area contributed by atoms with Crippen LogP contribution in [0.5, 0.6) is 0 Å². The van der Waals surface area contributed by atoms with Gasteiger partial charge in [0.05, 0.1) is 11.6 Å². The van der Waals surface area contributed by atoms with Gasteiger partial charge >= 0.3 is 12.0 Å². The van der Waals surface area contributed by atoms with Gasteiger partial charge in [0.1, 0.15) is 18.6 Å². The maximum atomic E-state index is 14.7. The van der Waals surface area contributed by atoms with E-state index in [0.29, 0.717) is 18.5 Å². The average Bonchev–Trinajstić information content (AvgIpc) is 3.42. The molecule has 4 rings (SSSR count). The summed E-state index contributed by atoms with van der Waals surface area (Å²) in [6.45, 7) is 4.05. The van der Waals surface area contributed by atoms with Crippen molar-refractivity contribution in [1.29, 1.82) is 0 Å². The highest BCUT2D eigenvalue weighted by molar-refractivity contribution is 6.24. The van der Waals surface area contributed by atoms with Gasteiger partial charge in [-0.15, -0.1) is 11.6 Å². The molecule has 3 N–H and O–H groups in total. The van der Waals surface area contributed by atoms with Crippen LogP contribution in [0.25, 0.3) is 0 Å². The summed E-state index contributed by atoms with van der Waals surface area (Å²) < 4.78 is 5.86. The van der Waals surface area contributed by atoms with E-state index in [1.54, 1.807) is 48.5 Å². The highest BCUT2D eigenvalue weighted by Crippen LogP contribution is 2.34. The van der Waals surface area contributed by atoms with Crippen LogP contribution in [0.15, 0.2) is 84.9 Å². The van der Waals surface area contributed by atoms with Crippen LogP contribution in [0.3, 0.4) is 0 Å². The van der Waals surface area contributed by atoms with Gasteiger partial charge in [-0.2, -0.15) is 0 Å². The number of ketones is 1. The minimum atomic E-state index is -1.26. The van der Waals surface area contributed by atoms with E-state index in [1.165, 1.54) is 4.90 Å². The number of unbranched alkanes of at least 4 members (excludes halogenated alkanes) is 4. The molecule has 0 aliphatic carbocycles. The van der Waals surface area contributed by atoms with Crippen LogP contribution < -0.4 is 16.0 Å². The fourth-order valence-electron chi connectivity index (χ4n) is 6.61. The summed E-state index contributed by atoms with van der Waals surface area (Å²) in [4.78, 5) is 81.1. The van der Waals surface area contributed by atoms with Gasteiger partial charge in [-0.1, -0.05) is 100 Å². The zero-order valence-electron chi connectivity index (χ0n) is 31.1. The number of nitrogens with zero attached hydrogens (tertiary/aromatic N) is 1. The van der Waals surface area contributed by atoms with E-state index >= 15 is 0 Å². The Labute approximate surface area is 322 Å². The van der Waals surface area contributed by atoms with Crippen molar-refractivity contribution in [3.05, 3.63) is 96.1 Å². The number of imide groups is 1. The average molecular weight is 759 g/mol. The fourth-order valence-corrected chi connectivity index (χ4v) is 6.98. The molecule has 1 saturated heterocycles. The van der Waals surface area contributed by atoms with Crippen molar-refractivity contribution in [2.75, 3.05) is 10.6 Å². The molecule has 4 unspecified atom stereocenters. The number of Topliss-reactive ketones (excluding diaryl/α,β-unsaturated/α-hetero) is 1. The topological polar surface area (TPSA) is 151 Å². The SMILES string of the molecule is CCCCCCCC(CCC(Cl)C(C(=O)c1ccccc1NC(=O)CCC)C1C(=O)NC(=O)N1Cc1ccccc1)OC(=O)CC(=O)Nc1ccccc1. The third-order valence-electron chi connectivity index (χ3n) is 9.32. The Bertz CT molecular complexity index is 1720. The van der Waals surface area contributed by atoms with Gasteiger partial charge in [0.15, 0.2) is 5.78 Å². The van der Waals surface area contributed by atoms with Crippen LogP contribution in [0, 0.1) is 5.92 Å². The highest BCUT2D eigenvalue weighted by atomic mass is 35.5. The monoisotopic (exact) mass is 758 g/mol. The van der Waals surface area contributed by atoms with E-state index in [1.807, 2.05) is 43.3 Å². The molecule has 0 radical (unpaired) electrons. The molecule has 54 heavy (non-hydrogen) atoms. The second-order valence-electron chi connectivity index (χ2n) is 13.6. The Morgan fingerprint density at radius 2 is 1.44 bits per heavy atom. The number of nitrogens with one attached hydrogen (secondary N) is 3. The largest absolute Gasteiger partial charge is 0.462 e. The van der Waals surface area contributed by atoms with Gasteiger partial charge in [-0.05, 0) is 61.9 Å². The van der Waals surface area contributed by atoms with Crippen LogP contribution in [-0.2, 0) is 30.5 Å². The van der Waals surface area contributed by atoms with Crippen molar-refractivity contribution < 1.29 is 33.5 Å². The quantitative estimate of drug-likeness (QED) is 0.0234. The molecule has 12 heteroatoms. The van der Waals surface area contributed by atoms with Gasteiger partial charge in [0.25, 0.3) is 5.91 Å². The molecule has 11 nitrogen and oxygen atoms in total. The van der Waals surface area contributed by atoms with Crippen LogP contribution >= 0.6 is 11.6 Å². The number of amides is 5. The van der Waals surface area contributed by atoms with Gasteiger partial charge in [0.2, 0.25) is 11.8 Å². The Kier molecular flexibility index (Phi) is 16.7. The maximum Gasteiger partial charge on any atom is 0.325 e. The maximum absolute atomic E-state index is 14.7. The molecule has 0 saturated carbocycles. The smallest absolute Gasteiger partial charge is 0.325 e. The lowest BCUT2D eigenvalue weighted by molar-refractivity contribution is -0.151. The highest BCUT2D eigenvalue weighted by Gasteiger charge is 2.49. The van der Waals surface area contributed by atoms with E-state index in [2.05, 4.69) is 22.9 Å². The predicted octanol–water partition coefficient (Wildman–Crippen LogP) is 8.03. The number of esters is 1. The third kappa shape index (κ3) is 12.5. The van der Waals surface area contributed by atoms with Gasteiger partial charge in [-0.3, -0.25) is 29.3 Å². The van der Waals surface area contributed by atoms with E-state index in [4.69, 9.17) is 16.3 Å². The van der Waals surface area contributed by atoms with E-state index in [9.17, 15) is 28.8 Å². The van der Waals surface area contributed by atoms with Crippen molar-refractivity contribution in [2.45, 2.75) is 109 Å². The number of benzene rings is 3. The molecule has 1 aliphatic heterocycles. The molecule has 1 fully saturated rings. The molecule has 4 atom stereocenters. The third-order valence-corrected chi connectivity index (χ3v) is 9.81. The minimum absolute atomic E-state index is 0.0500. The molecule has 3 aromatic rings. The number of hydrogen-bond acceptors (Lipinski definition) is 7. The molecular weight excluding hydrogens is 708 g/mol. The predicted molar refractivity (Wildman–Crippen MR) is 209 cm³/mol. The lowest BCUT2D eigenvalue weighted by atomic mass is 9.84. The molecule has 5 amide bonds. The minimum Gasteiger partial charge on any atom is -0.462 e. The molecule has 3 aromatic carbocycles. The Hall–Kier alpha value is -5.03. The number of para-hydroxylation sites is 2. The Morgan fingerprint density at radius 1 is 0.778 bits per heavy atom. The number of carbonyl (C=O) groups excluding carboxylic acids is 6. The first kappa shape index (κ1) is 41.7. The second-order valence-corrected chi connectivity index (χ2v) is 14.1. The van der Waals surface area contributed by atoms with Crippen molar-refractivity contribution >= 4 is 58.5 Å². The number of rotatable bonds is 22. The summed E-state index contributed by atoms with van der Waals surface area (Å²) in [5, 5.41) is 6.88. The summed E-state index contributed by atoms with van der Waals surface area (Å²) in [7, 11) is 0. The Balaban J connectivity index is 1.59. The number of urea groups is 1. The van der Waals surface area contributed by atoms with Crippen molar-refractivity contribution in [3.63, 3.8) is 0 Å². The first-order valence-electron chi connectivity index (χ1n) is 18.9. The van der Waals surface area contributed by atoms with Crippen LogP contribution in [0.4, 0.5) is 16.2 Å². The molecular formula is C42H51ClN4O7. The molecule has 1 heterocycles. The first-order valence-corrected chi connectivity index (χ1v) is 19.3. The standard InChI is InChI=1S/C42H51ClN4O7/c1-3-5-6-7-14-22-31(54-37(50)27-36(49)44-30-20-12-9-13-21-30)25-26-33(43)38(40(51)32-23-15-16-24-34(32)45-35(48)17-4-2)39-41(52)46-42(53)47(39)28-29-18-10-8-11-19-29/h8-13,15-16,18-21,23-24,31,33,38-39H,3-7,14,17,22,25-28H2,1-2H3,(H,44,49)(H,45,48)(H,46,52,53). The summed E-state index contributed by atoms with van der Waals surface area (Å²) in [5.41, 5.74) is 1.75. The van der Waals surface area contributed by atoms with Gasteiger partial charge < -0.3 is 20.3 Å². The summed E-state index contributed by atoms with van der Waals surface area (Å²) in [5.74, 6) is -3.86. The van der Waals surface area contributed by atoms with Gasteiger partial charge in [0, 0.05) is 29.6 Å². The lowest BCUT2D eigenvalue weighted by Gasteiger charge is -2.32. The molecule has 288 valence electrons. The molecule has 1 aliphatic rings. The zero-order valence-corrected chi connectivity index (χ0v) is 31.8. The first-order chi connectivity index (χ1) is 26.1. The molecule has 0 aromatic heterocycles. The number of carbonyl (C=O) groups is 6. The Morgan fingerprint density at radius 3 is 2.15 bits per heavy atom. The number of alkyl halides is 1. The second kappa shape index (κ2) is 21.6. The number of hydrogen-bond donors (Lipinski definition) is 3.